The maximum Gasteiger partial charge on any atom is 0.248 e. The minimum Gasteiger partial charge on any atom is -0.370 e. The Kier molecular flexibility index (Phi) is 6.86. The fourth-order valence-corrected chi connectivity index (χ4v) is 6.15. The number of nitrogens with zero attached hydrogens (tertiary/aromatic N) is 3. The highest BCUT2D eigenvalue weighted by molar-refractivity contribution is 7.89. The molecular weight excluding hydrogens is 454 g/mol. The molecule has 2 aliphatic rings. The van der Waals surface area contributed by atoms with Crippen LogP contribution in [0.15, 0.2) is 47.4 Å². The third-order valence-electron chi connectivity index (χ3n) is 6.44. The number of sulfonamides is 1. The molecule has 0 atom stereocenters. The Bertz CT molecular complexity index is 1240. The van der Waals surface area contributed by atoms with E-state index in [1.54, 1.807) is 24.3 Å². The highest BCUT2D eigenvalue weighted by atomic mass is 32.2. The Hall–Kier alpha value is -3.42. The second-order valence-corrected chi connectivity index (χ2v) is 10.5. The number of carbonyl (C=O) groups excluding carboxylic acids is 2. The number of amides is 2. The topological polar surface area (TPSA) is 137 Å². The lowest BCUT2D eigenvalue weighted by Crippen LogP contribution is -2.41. The Morgan fingerprint density at radius 1 is 1.03 bits per heavy atom. The van der Waals surface area contributed by atoms with Gasteiger partial charge in [0.15, 0.2) is 0 Å². The van der Waals surface area contributed by atoms with Gasteiger partial charge in [-0.05, 0) is 56.0 Å². The number of hydrogen-bond donors (Lipinski definition) is 2. The number of carbonyl (C=O) groups is 2. The number of rotatable bonds is 6. The number of benzene rings is 2. The number of piperidine rings is 1. The quantitative estimate of drug-likeness (QED) is 0.650. The van der Waals surface area contributed by atoms with Crippen molar-refractivity contribution in [2.45, 2.75) is 30.6 Å². The first-order valence-corrected chi connectivity index (χ1v) is 12.7. The molecule has 3 N–H and O–H groups in total. The summed E-state index contributed by atoms with van der Waals surface area (Å²) in [5.74, 6) is -1.16. The van der Waals surface area contributed by atoms with Gasteiger partial charge in [-0.15, -0.1) is 0 Å². The van der Waals surface area contributed by atoms with E-state index in [2.05, 4.69) is 10.2 Å². The Morgan fingerprint density at radius 3 is 2.35 bits per heavy atom. The van der Waals surface area contributed by atoms with Crippen molar-refractivity contribution in [1.29, 1.82) is 5.26 Å². The van der Waals surface area contributed by atoms with E-state index < -0.39 is 15.9 Å². The van der Waals surface area contributed by atoms with Crippen molar-refractivity contribution in [3.05, 3.63) is 53.6 Å². The molecule has 2 aliphatic heterocycles. The molecule has 4 rings (SSSR count). The molecule has 2 fully saturated rings. The second kappa shape index (κ2) is 9.83. The molecule has 0 saturated carbocycles. The molecule has 0 bridgehead atoms. The lowest BCUT2D eigenvalue weighted by Gasteiger charge is -2.31. The summed E-state index contributed by atoms with van der Waals surface area (Å²) in [5.41, 5.74) is 7.25. The minimum atomic E-state index is -3.82. The van der Waals surface area contributed by atoms with Crippen LogP contribution in [0.4, 0.5) is 11.4 Å². The number of nitrogens with one attached hydrogen (secondary N) is 1. The molecule has 34 heavy (non-hydrogen) atoms. The van der Waals surface area contributed by atoms with E-state index in [9.17, 15) is 23.3 Å². The predicted molar refractivity (Wildman–Crippen MR) is 128 cm³/mol. The van der Waals surface area contributed by atoms with E-state index in [1.807, 2.05) is 12.1 Å². The lowest BCUT2D eigenvalue weighted by atomic mass is 9.97. The lowest BCUT2D eigenvalue weighted by molar-refractivity contribution is -0.120. The summed E-state index contributed by atoms with van der Waals surface area (Å²) in [4.78, 5) is 26.9. The van der Waals surface area contributed by atoms with Gasteiger partial charge >= 0.3 is 0 Å². The standard InChI is InChI=1S/C24H27N5O4S/c25-16-19-5-1-2-6-22(19)34(32,33)29-13-9-17(10-14-29)24(31)27-20-15-18(23(26)30)7-8-21(20)28-11-3-4-12-28/h1-2,5-8,15,17H,3-4,9-14H2,(H2,26,30)(H,27,31). The van der Waals surface area contributed by atoms with Crippen molar-refractivity contribution in [2.75, 3.05) is 36.4 Å². The summed E-state index contributed by atoms with van der Waals surface area (Å²) in [6, 6.07) is 13.1. The van der Waals surface area contributed by atoms with Gasteiger partial charge in [0.1, 0.15) is 6.07 Å². The first-order valence-electron chi connectivity index (χ1n) is 11.3. The van der Waals surface area contributed by atoms with E-state index >= 15 is 0 Å². The summed E-state index contributed by atoms with van der Waals surface area (Å²) in [6.45, 7) is 2.11. The molecule has 0 radical (unpaired) electrons. The number of anilines is 2. The van der Waals surface area contributed by atoms with Gasteiger partial charge in [0.05, 0.1) is 21.8 Å². The predicted octanol–water partition coefficient (Wildman–Crippen LogP) is 2.30. The van der Waals surface area contributed by atoms with Crippen LogP contribution in [0.2, 0.25) is 0 Å². The SMILES string of the molecule is N#Cc1ccccc1S(=O)(=O)N1CCC(C(=O)Nc2cc(C(N)=O)ccc2N2CCCC2)CC1. The minimum absolute atomic E-state index is 0.0149. The van der Waals surface area contributed by atoms with Gasteiger partial charge in [-0.3, -0.25) is 9.59 Å². The molecule has 178 valence electrons. The largest absolute Gasteiger partial charge is 0.370 e. The van der Waals surface area contributed by atoms with Crippen molar-refractivity contribution in [1.82, 2.24) is 4.31 Å². The smallest absolute Gasteiger partial charge is 0.248 e. The van der Waals surface area contributed by atoms with Crippen LogP contribution in [0.25, 0.3) is 0 Å². The average Bonchev–Trinajstić information content (AvgIpc) is 3.38. The summed E-state index contributed by atoms with van der Waals surface area (Å²) in [7, 11) is -3.82. The van der Waals surface area contributed by atoms with Crippen molar-refractivity contribution in [3.63, 3.8) is 0 Å². The van der Waals surface area contributed by atoms with Gasteiger partial charge in [0, 0.05) is 37.7 Å². The van der Waals surface area contributed by atoms with Crippen molar-refractivity contribution >= 4 is 33.2 Å². The first kappa shape index (κ1) is 23.7. The first-order chi connectivity index (χ1) is 16.3. The molecule has 2 heterocycles. The Morgan fingerprint density at radius 2 is 1.71 bits per heavy atom. The number of nitrogens with two attached hydrogens (primary N) is 1. The summed E-state index contributed by atoms with van der Waals surface area (Å²) in [6.07, 6.45) is 2.84. The van der Waals surface area contributed by atoms with E-state index in [1.165, 1.54) is 16.4 Å². The third-order valence-corrected chi connectivity index (χ3v) is 8.39. The van der Waals surface area contributed by atoms with Crippen LogP contribution in [-0.2, 0) is 14.8 Å². The van der Waals surface area contributed by atoms with Gasteiger partial charge in [0.2, 0.25) is 21.8 Å². The Balaban J connectivity index is 1.47. The van der Waals surface area contributed by atoms with Gasteiger partial charge in [-0.1, -0.05) is 12.1 Å². The van der Waals surface area contributed by atoms with E-state index in [-0.39, 0.29) is 35.4 Å². The summed E-state index contributed by atoms with van der Waals surface area (Å²) in [5, 5.41) is 12.2. The molecule has 2 aromatic rings. The second-order valence-electron chi connectivity index (χ2n) is 8.57. The van der Waals surface area contributed by atoms with Gasteiger partial charge in [-0.25, -0.2) is 8.42 Å². The molecule has 0 aromatic heterocycles. The molecule has 0 unspecified atom stereocenters. The van der Waals surface area contributed by atoms with Crippen molar-refractivity contribution in [3.8, 4) is 6.07 Å². The van der Waals surface area contributed by atoms with Gasteiger partial charge < -0.3 is 16.0 Å². The molecular formula is C24H27N5O4S. The molecule has 0 spiro atoms. The van der Waals surface area contributed by atoms with Crippen molar-refractivity contribution < 1.29 is 18.0 Å². The molecule has 2 aromatic carbocycles. The summed E-state index contributed by atoms with van der Waals surface area (Å²) < 4.78 is 27.4. The van der Waals surface area contributed by atoms with Crippen LogP contribution in [0.3, 0.4) is 0 Å². The molecule has 10 heteroatoms. The zero-order valence-electron chi connectivity index (χ0n) is 18.7. The third kappa shape index (κ3) is 4.76. The van der Waals surface area contributed by atoms with Crippen LogP contribution in [0, 0.1) is 17.2 Å². The van der Waals surface area contributed by atoms with Gasteiger partial charge in [0.25, 0.3) is 0 Å². The maximum absolute atomic E-state index is 13.1. The average molecular weight is 482 g/mol. The molecule has 2 amide bonds. The van der Waals surface area contributed by atoms with E-state index in [0.29, 0.717) is 24.1 Å². The van der Waals surface area contributed by atoms with Crippen LogP contribution in [0.1, 0.15) is 41.6 Å². The van der Waals surface area contributed by atoms with Crippen LogP contribution < -0.4 is 16.0 Å². The Labute approximate surface area is 199 Å². The molecule has 0 aliphatic carbocycles. The zero-order chi connectivity index (χ0) is 24.3. The fourth-order valence-electron chi connectivity index (χ4n) is 4.54. The number of primary amides is 1. The van der Waals surface area contributed by atoms with E-state index in [4.69, 9.17) is 5.73 Å². The maximum atomic E-state index is 13.1. The molecule has 2 saturated heterocycles. The zero-order valence-corrected chi connectivity index (χ0v) is 19.6. The van der Waals surface area contributed by atoms with E-state index in [0.717, 1.165) is 31.6 Å². The fraction of sp³-hybridized carbons (Fsp3) is 0.375. The van der Waals surface area contributed by atoms with Crippen molar-refractivity contribution in [2.24, 2.45) is 11.7 Å². The normalized spacial score (nSPS) is 17.3. The van der Waals surface area contributed by atoms with Crippen LogP contribution in [-0.4, -0.2) is 50.7 Å². The van der Waals surface area contributed by atoms with Crippen LogP contribution >= 0.6 is 0 Å². The monoisotopic (exact) mass is 481 g/mol. The highest BCUT2D eigenvalue weighted by Gasteiger charge is 2.33. The van der Waals surface area contributed by atoms with Gasteiger partial charge in [-0.2, -0.15) is 9.57 Å². The number of nitriles is 1. The molecule has 9 nitrogen and oxygen atoms in total. The van der Waals surface area contributed by atoms with Crippen LogP contribution in [0.5, 0.6) is 0 Å². The highest BCUT2D eigenvalue weighted by Crippen LogP contribution is 2.32. The summed E-state index contributed by atoms with van der Waals surface area (Å²) >= 11 is 0. The number of hydrogen-bond acceptors (Lipinski definition) is 6.